The molecule has 1 atom stereocenters. The van der Waals surface area contributed by atoms with Crippen molar-refractivity contribution in [3.63, 3.8) is 0 Å². The Labute approximate surface area is 122 Å². The highest BCUT2D eigenvalue weighted by Gasteiger charge is 2.28. The van der Waals surface area contributed by atoms with Crippen LogP contribution in [0.3, 0.4) is 0 Å². The second-order valence-corrected chi connectivity index (χ2v) is 6.28. The monoisotopic (exact) mass is 273 g/mol. The van der Waals surface area contributed by atoms with Crippen molar-refractivity contribution in [2.75, 3.05) is 32.7 Å². The van der Waals surface area contributed by atoms with Crippen molar-refractivity contribution in [1.29, 1.82) is 0 Å². The zero-order valence-electron chi connectivity index (χ0n) is 12.4. The molecule has 2 fully saturated rings. The van der Waals surface area contributed by atoms with Crippen LogP contribution < -0.4 is 5.73 Å². The Kier molecular flexibility index (Phi) is 4.71. The number of nitrogens with zero attached hydrogens (tertiary/aromatic N) is 2. The molecule has 0 aromatic heterocycles. The first kappa shape index (κ1) is 14.1. The largest absolute Gasteiger partial charge is 0.330 e. The van der Waals surface area contributed by atoms with Crippen molar-refractivity contribution in [2.45, 2.75) is 38.3 Å². The molecule has 1 aromatic rings. The van der Waals surface area contributed by atoms with Crippen LogP contribution in [0.25, 0.3) is 0 Å². The summed E-state index contributed by atoms with van der Waals surface area (Å²) in [5, 5.41) is 0. The summed E-state index contributed by atoms with van der Waals surface area (Å²) in [5.41, 5.74) is 8.38. The molecule has 0 bridgehead atoms. The van der Waals surface area contributed by atoms with Gasteiger partial charge in [0, 0.05) is 25.7 Å². The third kappa shape index (κ3) is 3.40. The smallest absolute Gasteiger partial charge is 0.0235 e. The van der Waals surface area contributed by atoms with Crippen LogP contribution in [0.15, 0.2) is 24.3 Å². The minimum absolute atomic E-state index is 0.739. The van der Waals surface area contributed by atoms with Gasteiger partial charge < -0.3 is 5.73 Å². The van der Waals surface area contributed by atoms with Crippen molar-refractivity contribution >= 4 is 0 Å². The minimum atomic E-state index is 0.739. The van der Waals surface area contributed by atoms with Gasteiger partial charge in [0.1, 0.15) is 0 Å². The molecule has 2 heterocycles. The first-order chi connectivity index (χ1) is 9.85. The summed E-state index contributed by atoms with van der Waals surface area (Å²) in [5.74, 6) is 0. The van der Waals surface area contributed by atoms with E-state index in [0.717, 1.165) is 25.6 Å². The normalized spacial score (nSPS) is 24.6. The van der Waals surface area contributed by atoms with Gasteiger partial charge in [-0.05, 0) is 56.4 Å². The average Bonchev–Trinajstić information content (AvgIpc) is 3.12. The standard InChI is InChI=1S/C17H27N3/c18-9-7-15-3-5-16(6-4-15)13-19-12-8-17(14-19)20-10-1-2-11-20/h3-6,17H,1-2,7-14,18H2. The fourth-order valence-corrected chi connectivity index (χ4v) is 3.60. The number of benzene rings is 1. The van der Waals surface area contributed by atoms with Gasteiger partial charge in [-0.25, -0.2) is 0 Å². The quantitative estimate of drug-likeness (QED) is 0.889. The lowest BCUT2D eigenvalue weighted by atomic mass is 10.1. The lowest BCUT2D eigenvalue weighted by Crippen LogP contribution is -2.35. The number of nitrogens with two attached hydrogens (primary N) is 1. The highest BCUT2D eigenvalue weighted by atomic mass is 15.3. The summed E-state index contributed by atoms with van der Waals surface area (Å²) in [4.78, 5) is 5.31. The van der Waals surface area contributed by atoms with E-state index in [-0.39, 0.29) is 0 Å². The van der Waals surface area contributed by atoms with Crippen LogP contribution in [-0.2, 0) is 13.0 Å². The van der Waals surface area contributed by atoms with Crippen molar-refractivity contribution in [1.82, 2.24) is 9.80 Å². The molecule has 2 saturated heterocycles. The zero-order chi connectivity index (χ0) is 13.8. The summed E-state index contributed by atoms with van der Waals surface area (Å²) >= 11 is 0. The first-order valence-electron chi connectivity index (χ1n) is 8.09. The molecule has 1 unspecified atom stereocenters. The molecule has 2 N–H and O–H groups in total. The Balaban J connectivity index is 1.50. The lowest BCUT2D eigenvalue weighted by Gasteiger charge is -2.23. The topological polar surface area (TPSA) is 32.5 Å². The maximum Gasteiger partial charge on any atom is 0.0235 e. The second kappa shape index (κ2) is 6.70. The Morgan fingerprint density at radius 3 is 2.40 bits per heavy atom. The Bertz CT molecular complexity index is 409. The molecule has 2 aliphatic rings. The molecule has 3 rings (SSSR count). The van der Waals surface area contributed by atoms with Gasteiger partial charge >= 0.3 is 0 Å². The van der Waals surface area contributed by atoms with Crippen LogP contribution in [0.4, 0.5) is 0 Å². The fraction of sp³-hybridized carbons (Fsp3) is 0.647. The van der Waals surface area contributed by atoms with E-state index >= 15 is 0 Å². The zero-order valence-corrected chi connectivity index (χ0v) is 12.4. The van der Waals surface area contributed by atoms with Gasteiger partial charge in [-0.2, -0.15) is 0 Å². The Hall–Kier alpha value is -0.900. The predicted molar refractivity (Wildman–Crippen MR) is 83.7 cm³/mol. The molecule has 3 heteroatoms. The van der Waals surface area contributed by atoms with Crippen molar-refractivity contribution in [2.24, 2.45) is 5.73 Å². The molecule has 20 heavy (non-hydrogen) atoms. The number of likely N-dealkylation sites (tertiary alicyclic amines) is 2. The van der Waals surface area contributed by atoms with E-state index in [4.69, 9.17) is 5.73 Å². The Morgan fingerprint density at radius 2 is 1.70 bits per heavy atom. The van der Waals surface area contributed by atoms with Crippen LogP contribution in [0.2, 0.25) is 0 Å². The van der Waals surface area contributed by atoms with Gasteiger partial charge in [-0.1, -0.05) is 24.3 Å². The maximum absolute atomic E-state index is 5.59. The van der Waals surface area contributed by atoms with E-state index in [2.05, 4.69) is 34.1 Å². The molecule has 0 saturated carbocycles. The van der Waals surface area contributed by atoms with Crippen LogP contribution >= 0.6 is 0 Å². The van der Waals surface area contributed by atoms with E-state index in [0.29, 0.717) is 0 Å². The SMILES string of the molecule is NCCc1ccc(CN2CCC(N3CCCC3)C2)cc1. The van der Waals surface area contributed by atoms with Gasteiger partial charge in [0.05, 0.1) is 0 Å². The van der Waals surface area contributed by atoms with Gasteiger partial charge in [0.25, 0.3) is 0 Å². The summed E-state index contributed by atoms with van der Waals surface area (Å²) in [6, 6.07) is 9.82. The fourth-order valence-electron chi connectivity index (χ4n) is 3.60. The molecule has 110 valence electrons. The third-order valence-electron chi connectivity index (χ3n) is 4.77. The van der Waals surface area contributed by atoms with Crippen LogP contribution in [-0.4, -0.2) is 48.6 Å². The van der Waals surface area contributed by atoms with Gasteiger partial charge in [0.15, 0.2) is 0 Å². The molecule has 0 aliphatic carbocycles. The molecular formula is C17H27N3. The minimum Gasteiger partial charge on any atom is -0.330 e. The van der Waals surface area contributed by atoms with E-state index < -0.39 is 0 Å². The van der Waals surface area contributed by atoms with Gasteiger partial charge in [0.2, 0.25) is 0 Å². The molecule has 1 aromatic carbocycles. The van der Waals surface area contributed by atoms with Crippen molar-refractivity contribution < 1.29 is 0 Å². The average molecular weight is 273 g/mol. The van der Waals surface area contributed by atoms with Crippen LogP contribution in [0, 0.1) is 0 Å². The van der Waals surface area contributed by atoms with Crippen molar-refractivity contribution in [3.8, 4) is 0 Å². The molecule has 0 radical (unpaired) electrons. The molecule has 2 aliphatic heterocycles. The summed E-state index contributed by atoms with van der Waals surface area (Å²) in [6.45, 7) is 7.01. The van der Waals surface area contributed by atoms with E-state index in [9.17, 15) is 0 Å². The van der Waals surface area contributed by atoms with Gasteiger partial charge in [-0.15, -0.1) is 0 Å². The van der Waals surface area contributed by atoms with E-state index in [1.807, 2.05) is 0 Å². The number of rotatable bonds is 5. The predicted octanol–water partition coefficient (Wildman–Crippen LogP) is 1.86. The molecule has 0 amide bonds. The second-order valence-electron chi connectivity index (χ2n) is 6.28. The summed E-state index contributed by atoms with van der Waals surface area (Å²) < 4.78 is 0. The number of hydrogen-bond acceptors (Lipinski definition) is 3. The molecular weight excluding hydrogens is 246 g/mol. The number of hydrogen-bond donors (Lipinski definition) is 1. The summed E-state index contributed by atoms with van der Waals surface area (Å²) in [7, 11) is 0. The summed E-state index contributed by atoms with van der Waals surface area (Å²) in [6.07, 6.45) is 5.14. The first-order valence-corrected chi connectivity index (χ1v) is 8.09. The Morgan fingerprint density at radius 1 is 1.00 bits per heavy atom. The highest BCUT2D eigenvalue weighted by Crippen LogP contribution is 2.21. The third-order valence-corrected chi connectivity index (χ3v) is 4.77. The van der Waals surface area contributed by atoms with E-state index in [1.165, 1.54) is 56.6 Å². The maximum atomic E-state index is 5.59. The molecule has 0 spiro atoms. The van der Waals surface area contributed by atoms with Gasteiger partial charge in [-0.3, -0.25) is 9.80 Å². The molecule has 3 nitrogen and oxygen atoms in total. The highest BCUT2D eigenvalue weighted by molar-refractivity contribution is 5.22. The lowest BCUT2D eigenvalue weighted by molar-refractivity contribution is 0.230. The van der Waals surface area contributed by atoms with Crippen LogP contribution in [0.5, 0.6) is 0 Å². The van der Waals surface area contributed by atoms with Crippen molar-refractivity contribution in [3.05, 3.63) is 35.4 Å². The van der Waals surface area contributed by atoms with E-state index in [1.54, 1.807) is 0 Å². The van der Waals surface area contributed by atoms with Crippen LogP contribution in [0.1, 0.15) is 30.4 Å².